The normalized spacial score (nSPS) is 11.3. The summed E-state index contributed by atoms with van der Waals surface area (Å²) in [5.74, 6) is -0.280. The third kappa shape index (κ3) is 5.59. The summed E-state index contributed by atoms with van der Waals surface area (Å²) in [5.41, 5.74) is 0.320. The Labute approximate surface area is 121 Å². The Bertz CT molecular complexity index is 457. The zero-order valence-corrected chi connectivity index (χ0v) is 13.3. The molecular formula is C14H19BrFNO2. The van der Waals surface area contributed by atoms with E-state index in [1.807, 2.05) is 20.8 Å². The third-order valence-corrected chi connectivity index (χ3v) is 3.20. The van der Waals surface area contributed by atoms with Gasteiger partial charge in [0.1, 0.15) is 11.4 Å². The van der Waals surface area contributed by atoms with Crippen molar-refractivity contribution in [1.29, 1.82) is 0 Å². The molecule has 0 saturated heterocycles. The van der Waals surface area contributed by atoms with Gasteiger partial charge in [0.15, 0.2) is 0 Å². The molecule has 0 unspecified atom stereocenters. The molecule has 5 heteroatoms. The van der Waals surface area contributed by atoms with Crippen LogP contribution in [0, 0.1) is 5.82 Å². The van der Waals surface area contributed by atoms with E-state index < -0.39 is 5.60 Å². The minimum absolute atomic E-state index is 0.280. The molecule has 0 aliphatic carbocycles. The van der Waals surface area contributed by atoms with Gasteiger partial charge in [-0.05, 0) is 51.0 Å². The molecule has 0 aliphatic heterocycles. The SMILES string of the molecule is CN(CCc1cc(F)ccc1Br)C(=O)OC(C)(C)C. The Morgan fingerprint density at radius 3 is 2.63 bits per heavy atom. The summed E-state index contributed by atoms with van der Waals surface area (Å²) < 4.78 is 19.2. The second kappa shape index (κ2) is 6.37. The molecule has 0 N–H and O–H groups in total. The first-order chi connectivity index (χ1) is 8.69. The van der Waals surface area contributed by atoms with Gasteiger partial charge < -0.3 is 9.64 Å². The molecule has 0 bridgehead atoms. The fourth-order valence-electron chi connectivity index (χ4n) is 1.45. The topological polar surface area (TPSA) is 29.5 Å². The smallest absolute Gasteiger partial charge is 0.410 e. The van der Waals surface area contributed by atoms with Crippen molar-refractivity contribution in [1.82, 2.24) is 4.90 Å². The molecule has 0 heterocycles. The molecule has 0 aliphatic rings. The van der Waals surface area contributed by atoms with Gasteiger partial charge in [-0.1, -0.05) is 15.9 Å². The molecule has 3 nitrogen and oxygen atoms in total. The molecular weight excluding hydrogens is 313 g/mol. The van der Waals surface area contributed by atoms with Gasteiger partial charge in [-0.2, -0.15) is 0 Å². The van der Waals surface area contributed by atoms with Crippen molar-refractivity contribution in [3.05, 3.63) is 34.1 Å². The largest absolute Gasteiger partial charge is 0.444 e. The van der Waals surface area contributed by atoms with E-state index in [2.05, 4.69) is 15.9 Å². The summed E-state index contributed by atoms with van der Waals surface area (Å²) in [6, 6.07) is 4.52. The Morgan fingerprint density at radius 2 is 2.05 bits per heavy atom. The first-order valence-electron chi connectivity index (χ1n) is 6.07. The van der Waals surface area contributed by atoms with E-state index in [-0.39, 0.29) is 11.9 Å². The monoisotopic (exact) mass is 331 g/mol. The Morgan fingerprint density at radius 1 is 1.42 bits per heavy atom. The lowest BCUT2D eigenvalue weighted by atomic mass is 10.1. The number of carbonyl (C=O) groups is 1. The van der Waals surface area contributed by atoms with Crippen LogP contribution >= 0.6 is 15.9 Å². The fourth-order valence-corrected chi connectivity index (χ4v) is 1.90. The van der Waals surface area contributed by atoms with Gasteiger partial charge in [-0.25, -0.2) is 9.18 Å². The number of likely N-dealkylation sites (N-methyl/N-ethyl adjacent to an activating group) is 1. The van der Waals surface area contributed by atoms with Gasteiger partial charge in [-0.15, -0.1) is 0 Å². The molecule has 0 fully saturated rings. The van der Waals surface area contributed by atoms with Crippen molar-refractivity contribution < 1.29 is 13.9 Å². The number of amides is 1. The maximum absolute atomic E-state index is 13.1. The van der Waals surface area contributed by atoms with Gasteiger partial charge in [0, 0.05) is 18.1 Å². The number of benzene rings is 1. The average Bonchev–Trinajstić information content (AvgIpc) is 2.27. The van der Waals surface area contributed by atoms with Gasteiger partial charge in [0.05, 0.1) is 0 Å². The lowest BCUT2D eigenvalue weighted by molar-refractivity contribution is 0.0300. The fraction of sp³-hybridized carbons (Fsp3) is 0.500. The number of carbonyl (C=O) groups excluding carboxylic acids is 1. The van der Waals surface area contributed by atoms with Crippen molar-refractivity contribution in [2.45, 2.75) is 32.8 Å². The van der Waals surface area contributed by atoms with Crippen LogP contribution in [0.5, 0.6) is 0 Å². The van der Waals surface area contributed by atoms with Crippen molar-refractivity contribution >= 4 is 22.0 Å². The number of hydrogen-bond donors (Lipinski definition) is 0. The minimum Gasteiger partial charge on any atom is -0.444 e. The summed E-state index contributed by atoms with van der Waals surface area (Å²) in [5, 5.41) is 0. The highest BCUT2D eigenvalue weighted by atomic mass is 79.9. The van der Waals surface area contributed by atoms with Gasteiger partial charge in [0.2, 0.25) is 0 Å². The summed E-state index contributed by atoms with van der Waals surface area (Å²) in [6.07, 6.45) is 0.189. The number of halogens is 2. The first-order valence-corrected chi connectivity index (χ1v) is 6.86. The predicted octanol–water partition coefficient (Wildman–Crippen LogP) is 4.00. The Kier molecular flexibility index (Phi) is 5.35. The summed E-state index contributed by atoms with van der Waals surface area (Å²) >= 11 is 3.37. The highest BCUT2D eigenvalue weighted by molar-refractivity contribution is 9.10. The average molecular weight is 332 g/mol. The quantitative estimate of drug-likeness (QED) is 0.837. The molecule has 0 saturated carbocycles. The molecule has 0 radical (unpaired) electrons. The van der Waals surface area contributed by atoms with E-state index in [1.54, 1.807) is 13.1 Å². The van der Waals surface area contributed by atoms with E-state index in [9.17, 15) is 9.18 Å². The van der Waals surface area contributed by atoms with Crippen LogP contribution in [0.25, 0.3) is 0 Å². The molecule has 0 aromatic heterocycles. The molecule has 1 amide bonds. The van der Waals surface area contributed by atoms with Crippen LogP contribution in [0.15, 0.2) is 22.7 Å². The minimum atomic E-state index is -0.509. The lowest BCUT2D eigenvalue weighted by Crippen LogP contribution is -2.35. The van der Waals surface area contributed by atoms with Crippen LogP contribution in [-0.2, 0) is 11.2 Å². The standard InChI is InChI=1S/C14H19BrFNO2/c1-14(2,3)19-13(18)17(4)8-7-10-9-11(16)5-6-12(10)15/h5-6,9H,7-8H2,1-4H3. The Balaban J connectivity index is 2.56. The van der Waals surface area contributed by atoms with Gasteiger partial charge in [-0.3, -0.25) is 0 Å². The summed E-state index contributed by atoms with van der Waals surface area (Å²) in [4.78, 5) is 13.2. The summed E-state index contributed by atoms with van der Waals surface area (Å²) in [6.45, 7) is 5.93. The summed E-state index contributed by atoms with van der Waals surface area (Å²) in [7, 11) is 1.67. The molecule has 106 valence electrons. The maximum atomic E-state index is 13.1. The highest BCUT2D eigenvalue weighted by Gasteiger charge is 2.19. The van der Waals surface area contributed by atoms with Crippen molar-refractivity contribution in [3.8, 4) is 0 Å². The number of hydrogen-bond acceptors (Lipinski definition) is 2. The van der Waals surface area contributed by atoms with Crippen molar-refractivity contribution in [3.63, 3.8) is 0 Å². The van der Waals surface area contributed by atoms with Crippen molar-refractivity contribution in [2.75, 3.05) is 13.6 Å². The zero-order chi connectivity index (χ0) is 14.6. The third-order valence-electron chi connectivity index (χ3n) is 2.43. The first kappa shape index (κ1) is 16.0. The number of ether oxygens (including phenoxy) is 1. The second-order valence-corrected chi connectivity index (χ2v) is 6.24. The van der Waals surface area contributed by atoms with Crippen LogP contribution in [0.1, 0.15) is 26.3 Å². The second-order valence-electron chi connectivity index (χ2n) is 5.39. The number of rotatable bonds is 3. The van der Waals surface area contributed by atoms with E-state index in [1.165, 1.54) is 17.0 Å². The molecule has 1 rings (SSSR count). The van der Waals surface area contributed by atoms with Crippen LogP contribution in [0.2, 0.25) is 0 Å². The van der Waals surface area contributed by atoms with Crippen molar-refractivity contribution in [2.24, 2.45) is 0 Å². The molecule has 1 aromatic carbocycles. The van der Waals surface area contributed by atoms with Gasteiger partial charge >= 0.3 is 6.09 Å². The van der Waals surface area contributed by atoms with Crippen LogP contribution in [0.4, 0.5) is 9.18 Å². The Hall–Kier alpha value is -1.10. The van der Waals surface area contributed by atoms with Crippen LogP contribution in [0.3, 0.4) is 0 Å². The molecule has 0 atom stereocenters. The highest BCUT2D eigenvalue weighted by Crippen LogP contribution is 2.18. The van der Waals surface area contributed by atoms with Crippen LogP contribution < -0.4 is 0 Å². The van der Waals surface area contributed by atoms with Gasteiger partial charge in [0.25, 0.3) is 0 Å². The maximum Gasteiger partial charge on any atom is 0.410 e. The van der Waals surface area contributed by atoms with E-state index in [0.29, 0.717) is 13.0 Å². The molecule has 19 heavy (non-hydrogen) atoms. The zero-order valence-electron chi connectivity index (χ0n) is 11.7. The molecule has 1 aromatic rings. The van der Waals surface area contributed by atoms with E-state index in [0.717, 1.165) is 10.0 Å². The number of nitrogens with zero attached hydrogens (tertiary/aromatic N) is 1. The van der Waals surface area contributed by atoms with Crippen LogP contribution in [-0.4, -0.2) is 30.2 Å². The predicted molar refractivity (Wildman–Crippen MR) is 76.7 cm³/mol. The van der Waals surface area contributed by atoms with E-state index in [4.69, 9.17) is 4.74 Å². The molecule has 0 spiro atoms. The van der Waals surface area contributed by atoms with E-state index >= 15 is 0 Å². The lowest BCUT2D eigenvalue weighted by Gasteiger charge is -2.24.